The highest BCUT2D eigenvalue weighted by Crippen LogP contribution is 2.49. The van der Waals surface area contributed by atoms with Gasteiger partial charge in [-0.1, -0.05) is 48.5 Å². The van der Waals surface area contributed by atoms with Crippen LogP contribution < -0.4 is 0 Å². The van der Waals surface area contributed by atoms with E-state index in [1.54, 1.807) is 9.80 Å². The van der Waals surface area contributed by atoms with Crippen LogP contribution >= 0.6 is 0 Å². The maximum Gasteiger partial charge on any atom is 0.409 e. The van der Waals surface area contributed by atoms with Crippen molar-refractivity contribution in [2.45, 2.75) is 31.1 Å². The van der Waals surface area contributed by atoms with Gasteiger partial charge in [-0.05, 0) is 47.9 Å². The Balaban J connectivity index is 1.46. The van der Waals surface area contributed by atoms with Gasteiger partial charge in [0.15, 0.2) is 0 Å². The van der Waals surface area contributed by atoms with E-state index in [0.29, 0.717) is 0 Å². The lowest BCUT2D eigenvalue weighted by Crippen LogP contribution is -2.41. The third-order valence-corrected chi connectivity index (χ3v) is 6.79. The first-order valence-corrected chi connectivity index (χ1v) is 11.2. The minimum absolute atomic E-state index is 0.142. The van der Waals surface area contributed by atoms with E-state index in [-0.39, 0.29) is 25.4 Å². The maximum absolute atomic E-state index is 12.7. The summed E-state index contributed by atoms with van der Waals surface area (Å²) in [7, 11) is 0. The fourth-order valence-corrected chi connectivity index (χ4v) is 5.12. The third-order valence-electron chi connectivity index (χ3n) is 6.79. The molecular formula is C25H28N2O4. The molecule has 1 aliphatic carbocycles. The van der Waals surface area contributed by atoms with Gasteiger partial charge in [0.25, 0.3) is 0 Å². The van der Waals surface area contributed by atoms with Crippen molar-refractivity contribution >= 4 is 12.2 Å². The van der Waals surface area contributed by atoms with E-state index in [2.05, 4.69) is 24.3 Å². The van der Waals surface area contributed by atoms with Gasteiger partial charge in [-0.15, -0.1) is 0 Å². The highest BCUT2D eigenvalue weighted by molar-refractivity contribution is 5.82. The number of carbonyl (C=O) groups excluding carboxylic acids is 2. The molecule has 2 amide bonds. The van der Waals surface area contributed by atoms with E-state index in [4.69, 9.17) is 9.47 Å². The molecule has 0 unspecified atom stereocenters. The van der Waals surface area contributed by atoms with Gasteiger partial charge in [0.05, 0.1) is 5.41 Å². The Morgan fingerprint density at radius 3 is 1.48 bits per heavy atom. The summed E-state index contributed by atoms with van der Waals surface area (Å²) >= 11 is 0. The minimum atomic E-state index is -0.710. The Hall–Kier alpha value is -3.02. The molecule has 31 heavy (non-hydrogen) atoms. The first kappa shape index (κ1) is 19.9. The van der Waals surface area contributed by atoms with Crippen molar-refractivity contribution in [3.63, 3.8) is 0 Å². The van der Waals surface area contributed by atoms with Gasteiger partial charge in [0.1, 0.15) is 13.2 Å². The summed E-state index contributed by atoms with van der Waals surface area (Å²) in [5.41, 5.74) is 3.58. The zero-order chi connectivity index (χ0) is 21.3. The van der Waals surface area contributed by atoms with Crippen molar-refractivity contribution in [1.82, 2.24) is 9.80 Å². The number of fused-ring (bicyclic) bond motifs is 3. The highest BCUT2D eigenvalue weighted by Gasteiger charge is 2.46. The third kappa shape index (κ3) is 3.54. The smallest absolute Gasteiger partial charge is 0.409 e. The zero-order valence-electron chi connectivity index (χ0n) is 17.7. The van der Waals surface area contributed by atoms with Crippen LogP contribution in [-0.4, -0.2) is 61.4 Å². The number of hydrogen-bond acceptors (Lipinski definition) is 4. The molecule has 5 rings (SSSR count). The van der Waals surface area contributed by atoms with Crippen LogP contribution in [0, 0.1) is 0 Å². The lowest BCUT2D eigenvalue weighted by Gasteiger charge is -2.32. The molecule has 6 nitrogen and oxygen atoms in total. The molecule has 0 aromatic heterocycles. The molecule has 6 heteroatoms. The fourth-order valence-electron chi connectivity index (χ4n) is 5.12. The summed E-state index contributed by atoms with van der Waals surface area (Å²) in [6.07, 6.45) is 3.48. The van der Waals surface area contributed by atoms with Crippen LogP contribution in [0.4, 0.5) is 9.59 Å². The average molecular weight is 421 g/mol. The Bertz CT molecular complexity index is 897. The molecule has 0 spiro atoms. The molecule has 0 radical (unpaired) electrons. The topological polar surface area (TPSA) is 59.1 Å². The first-order chi connectivity index (χ1) is 15.2. The average Bonchev–Trinajstić information content (AvgIpc) is 3.57. The van der Waals surface area contributed by atoms with Gasteiger partial charge in [-0.2, -0.15) is 0 Å². The number of benzene rings is 2. The number of amides is 2. The van der Waals surface area contributed by atoms with Gasteiger partial charge in [-0.3, -0.25) is 0 Å². The molecule has 162 valence electrons. The van der Waals surface area contributed by atoms with Gasteiger partial charge >= 0.3 is 12.2 Å². The van der Waals surface area contributed by atoms with Gasteiger partial charge in [-0.25, -0.2) is 9.59 Å². The number of hydrogen-bond donors (Lipinski definition) is 0. The van der Waals surface area contributed by atoms with Crippen LogP contribution in [-0.2, 0) is 14.9 Å². The molecule has 2 heterocycles. The van der Waals surface area contributed by atoms with E-state index in [1.807, 2.05) is 24.3 Å². The summed E-state index contributed by atoms with van der Waals surface area (Å²) in [4.78, 5) is 28.9. The van der Waals surface area contributed by atoms with E-state index in [9.17, 15) is 9.59 Å². The lowest BCUT2D eigenvalue weighted by atomic mass is 9.79. The van der Waals surface area contributed by atoms with Crippen LogP contribution in [0.25, 0.3) is 11.1 Å². The molecule has 2 aliphatic heterocycles. The first-order valence-electron chi connectivity index (χ1n) is 11.2. The molecular weight excluding hydrogens is 392 g/mol. The van der Waals surface area contributed by atoms with Crippen molar-refractivity contribution in [3.05, 3.63) is 59.7 Å². The Morgan fingerprint density at radius 1 is 0.677 bits per heavy atom. The van der Waals surface area contributed by atoms with Crippen LogP contribution in [0.5, 0.6) is 0 Å². The number of ether oxygens (including phenoxy) is 2. The standard InChI is InChI=1S/C25H28N2O4/c28-23(26-13-5-6-14-26)30-17-25(18-31-24(29)27-15-7-8-16-27)21-11-3-1-9-19(21)20-10-2-4-12-22(20)25/h1-4,9-12H,5-8,13-18H2. The zero-order valence-corrected chi connectivity index (χ0v) is 17.7. The van der Waals surface area contributed by atoms with Crippen molar-refractivity contribution in [3.8, 4) is 11.1 Å². The minimum Gasteiger partial charge on any atom is -0.448 e. The quantitative estimate of drug-likeness (QED) is 0.735. The largest absolute Gasteiger partial charge is 0.448 e. The Kier molecular flexibility index (Phi) is 5.30. The van der Waals surface area contributed by atoms with Gasteiger partial charge < -0.3 is 19.3 Å². The second kappa shape index (κ2) is 8.25. The second-order valence-corrected chi connectivity index (χ2v) is 8.67. The predicted octanol–water partition coefficient (Wildman–Crippen LogP) is 4.42. The fraction of sp³-hybridized carbons (Fsp3) is 0.440. The Morgan fingerprint density at radius 2 is 1.06 bits per heavy atom. The number of likely N-dealkylation sites (tertiary alicyclic amines) is 2. The van der Waals surface area contributed by atoms with Crippen LogP contribution in [0.2, 0.25) is 0 Å². The van der Waals surface area contributed by atoms with Crippen LogP contribution in [0.15, 0.2) is 48.5 Å². The number of rotatable bonds is 4. The molecule has 2 aromatic carbocycles. The van der Waals surface area contributed by atoms with E-state index < -0.39 is 5.41 Å². The van der Waals surface area contributed by atoms with E-state index in [1.165, 1.54) is 0 Å². The summed E-state index contributed by atoms with van der Waals surface area (Å²) in [5, 5.41) is 0. The van der Waals surface area contributed by atoms with Gasteiger partial charge in [0, 0.05) is 26.2 Å². The second-order valence-electron chi connectivity index (χ2n) is 8.67. The normalized spacial score (nSPS) is 18.6. The molecule has 0 bridgehead atoms. The molecule has 2 saturated heterocycles. The lowest BCUT2D eigenvalue weighted by molar-refractivity contribution is 0.0571. The number of carbonyl (C=O) groups is 2. The van der Waals surface area contributed by atoms with Crippen molar-refractivity contribution < 1.29 is 19.1 Å². The maximum atomic E-state index is 12.7. The summed E-state index contributed by atoms with van der Waals surface area (Å²) in [5.74, 6) is 0. The van der Waals surface area contributed by atoms with Crippen molar-refractivity contribution in [1.29, 1.82) is 0 Å². The summed E-state index contributed by atoms with van der Waals surface area (Å²) in [6.45, 7) is 3.24. The SMILES string of the molecule is O=C(OCC1(COC(=O)N2CCCC2)c2ccccc2-c2ccccc21)N1CCCC1. The van der Waals surface area contributed by atoms with Crippen LogP contribution in [0.3, 0.4) is 0 Å². The molecule has 3 aliphatic rings. The molecule has 0 saturated carbocycles. The molecule has 0 N–H and O–H groups in total. The molecule has 0 atom stereocenters. The Labute approximate surface area is 182 Å². The monoisotopic (exact) mass is 420 g/mol. The van der Waals surface area contributed by atoms with Crippen molar-refractivity contribution in [2.24, 2.45) is 0 Å². The summed E-state index contributed by atoms with van der Waals surface area (Å²) < 4.78 is 11.7. The van der Waals surface area contributed by atoms with E-state index >= 15 is 0 Å². The summed E-state index contributed by atoms with van der Waals surface area (Å²) in [6, 6.07) is 16.3. The molecule has 2 fully saturated rings. The molecule has 2 aromatic rings. The van der Waals surface area contributed by atoms with Crippen LogP contribution in [0.1, 0.15) is 36.8 Å². The van der Waals surface area contributed by atoms with E-state index in [0.717, 1.165) is 74.1 Å². The number of nitrogens with zero attached hydrogens (tertiary/aromatic N) is 2. The van der Waals surface area contributed by atoms with Crippen molar-refractivity contribution in [2.75, 3.05) is 39.4 Å². The predicted molar refractivity (Wildman–Crippen MR) is 117 cm³/mol. The van der Waals surface area contributed by atoms with Gasteiger partial charge in [0.2, 0.25) is 0 Å². The highest BCUT2D eigenvalue weighted by atomic mass is 16.6.